The number of aryl methyl sites for hydroxylation is 1. The van der Waals surface area contributed by atoms with Gasteiger partial charge in [-0.25, -0.2) is 4.98 Å². The van der Waals surface area contributed by atoms with E-state index in [1.165, 1.54) is 5.39 Å². The van der Waals surface area contributed by atoms with E-state index in [-0.39, 0.29) is 0 Å². The lowest BCUT2D eigenvalue weighted by molar-refractivity contribution is 0.300. The molecule has 0 saturated carbocycles. The summed E-state index contributed by atoms with van der Waals surface area (Å²) in [6.07, 6.45) is 0. The fraction of sp³-hybridized carbons (Fsp3) is 0.133. The maximum absolute atomic E-state index is 5.84. The van der Waals surface area contributed by atoms with Gasteiger partial charge in [0, 0.05) is 5.38 Å². The number of fused-ring (bicyclic) bond motifs is 1. The third-order valence-electron chi connectivity index (χ3n) is 2.87. The molecule has 0 aliphatic rings. The van der Waals surface area contributed by atoms with E-state index in [1.54, 1.807) is 11.3 Å². The number of rotatable bonds is 3. The molecule has 3 aromatic rings. The number of benzene rings is 2. The SMILES string of the molecule is Cc1nc(COc2ccc3ccccc3c2Br)cs1. The summed E-state index contributed by atoms with van der Waals surface area (Å²) in [5, 5.41) is 5.46. The first-order valence-corrected chi connectivity index (χ1v) is 7.62. The van der Waals surface area contributed by atoms with Crippen molar-refractivity contribution in [3.8, 4) is 5.75 Å². The number of hydrogen-bond donors (Lipinski definition) is 0. The molecule has 0 spiro atoms. The molecule has 19 heavy (non-hydrogen) atoms. The van der Waals surface area contributed by atoms with Crippen LogP contribution in [0, 0.1) is 6.92 Å². The standard InChI is InChI=1S/C15H12BrNOS/c1-10-17-12(9-19-10)8-18-14-7-6-11-4-2-3-5-13(11)15(14)16/h2-7,9H,8H2,1H3. The Balaban J connectivity index is 1.87. The molecule has 0 aliphatic carbocycles. The first-order chi connectivity index (χ1) is 9.24. The topological polar surface area (TPSA) is 22.1 Å². The van der Waals surface area contributed by atoms with E-state index >= 15 is 0 Å². The highest BCUT2D eigenvalue weighted by atomic mass is 79.9. The molecule has 0 N–H and O–H groups in total. The quantitative estimate of drug-likeness (QED) is 0.676. The summed E-state index contributed by atoms with van der Waals surface area (Å²) in [5.41, 5.74) is 0.975. The van der Waals surface area contributed by atoms with E-state index < -0.39 is 0 Å². The van der Waals surface area contributed by atoms with Crippen molar-refractivity contribution in [1.29, 1.82) is 0 Å². The second-order valence-corrected chi connectivity index (χ2v) is 6.10. The van der Waals surface area contributed by atoms with Crippen LogP contribution in [-0.4, -0.2) is 4.98 Å². The molecule has 1 aromatic heterocycles. The zero-order valence-corrected chi connectivity index (χ0v) is 12.8. The number of aromatic nitrogens is 1. The Morgan fingerprint density at radius 3 is 2.84 bits per heavy atom. The van der Waals surface area contributed by atoms with E-state index in [9.17, 15) is 0 Å². The predicted molar refractivity (Wildman–Crippen MR) is 82.8 cm³/mol. The Labute approximate surface area is 124 Å². The van der Waals surface area contributed by atoms with Crippen LogP contribution in [0.1, 0.15) is 10.7 Å². The van der Waals surface area contributed by atoms with E-state index in [0.717, 1.165) is 26.3 Å². The average molecular weight is 334 g/mol. The van der Waals surface area contributed by atoms with Gasteiger partial charge < -0.3 is 4.74 Å². The summed E-state index contributed by atoms with van der Waals surface area (Å²) in [7, 11) is 0. The molecule has 0 bridgehead atoms. The Morgan fingerprint density at radius 2 is 2.05 bits per heavy atom. The van der Waals surface area contributed by atoms with Crippen molar-refractivity contribution in [1.82, 2.24) is 4.98 Å². The zero-order valence-electron chi connectivity index (χ0n) is 10.4. The van der Waals surface area contributed by atoms with Crippen LogP contribution < -0.4 is 4.74 Å². The molecular formula is C15H12BrNOS. The van der Waals surface area contributed by atoms with Crippen LogP contribution in [0.4, 0.5) is 0 Å². The molecule has 0 aliphatic heterocycles. The summed E-state index contributed by atoms with van der Waals surface area (Å²) >= 11 is 5.26. The van der Waals surface area contributed by atoms with E-state index in [0.29, 0.717) is 6.61 Å². The van der Waals surface area contributed by atoms with Gasteiger partial charge in [0.2, 0.25) is 0 Å². The monoisotopic (exact) mass is 333 g/mol. The minimum atomic E-state index is 0.501. The van der Waals surface area contributed by atoms with Crippen LogP contribution in [-0.2, 0) is 6.61 Å². The minimum absolute atomic E-state index is 0.501. The van der Waals surface area contributed by atoms with Gasteiger partial charge in [0.1, 0.15) is 12.4 Å². The number of thiazole rings is 1. The molecule has 0 fully saturated rings. The van der Waals surface area contributed by atoms with Gasteiger partial charge >= 0.3 is 0 Å². The largest absolute Gasteiger partial charge is 0.486 e. The Bertz CT molecular complexity index is 723. The number of hydrogen-bond acceptors (Lipinski definition) is 3. The lowest BCUT2D eigenvalue weighted by Crippen LogP contribution is -1.96. The Kier molecular flexibility index (Phi) is 3.53. The van der Waals surface area contributed by atoms with Gasteiger partial charge in [0.25, 0.3) is 0 Å². The van der Waals surface area contributed by atoms with Crippen molar-refractivity contribution in [2.45, 2.75) is 13.5 Å². The van der Waals surface area contributed by atoms with Gasteiger partial charge in [0.15, 0.2) is 0 Å². The van der Waals surface area contributed by atoms with Crippen LogP contribution in [0.5, 0.6) is 5.75 Å². The fourth-order valence-electron chi connectivity index (χ4n) is 1.95. The summed E-state index contributed by atoms with van der Waals surface area (Å²) < 4.78 is 6.84. The van der Waals surface area contributed by atoms with Crippen molar-refractivity contribution >= 4 is 38.0 Å². The maximum atomic E-state index is 5.84. The number of nitrogens with zero attached hydrogens (tertiary/aromatic N) is 1. The molecule has 3 rings (SSSR count). The summed E-state index contributed by atoms with van der Waals surface area (Å²) in [6, 6.07) is 12.3. The van der Waals surface area contributed by atoms with Crippen LogP contribution in [0.3, 0.4) is 0 Å². The first-order valence-electron chi connectivity index (χ1n) is 5.95. The first kappa shape index (κ1) is 12.6. The summed E-state index contributed by atoms with van der Waals surface area (Å²) in [5.74, 6) is 0.851. The second-order valence-electron chi connectivity index (χ2n) is 4.25. The van der Waals surface area contributed by atoms with Gasteiger partial charge in [0.05, 0.1) is 15.2 Å². The smallest absolute Gasteiger partial charge is 0.134 e. The van der Waals surface area contributed by atoms with Crippen molar-refractivity contribution in [3.05, 3.63) is 57.0 Å². The molecule has 0 atom stereocenters. The van der Waals surface area contributed by atoms with Crippen molar-refractivity contribution in [2.24, 2.45) is 0 Å². The minimum Gasteiger partial charge on any atom is -0.486 e. The summed E-state index contributed by atoms with van der Waals surface area (Å²) in [4.78, 5) is 4.40. The van der Waals surface area contributed by atoms with Crippen LogP contribution in [0.25, 0.3) is 10.8 Å². The predicted octanol–water partition coefficient (Wildman–Crippen LogP) is 4.95. The molecule has 96 valence electrons. The Hall–Kier alpha value is -1.39. The van der Waals surface area contributed by atoms with Crippen LogP contribution in [0.15, 0.2) is 46.3 Å². The third kappa shape index (κ3) is 2.65. The van der Waals surface area contributed by atoms with Gasteiger partial charge in [-0.05, 0) is 39.7 Å². The number of halogens is 1. The molecular weight excluding hydrogens is 322 g/mol. The van der Waals surface area contributed by atoms with E-state index in [1.807, 2.05) is 30.5 Å². The van der Waals surface area contributed by atoms with Gasteiger partial charge in [-0.15, -0.1) is 11.3 Å². The van der Waals surface area contributed by atoms with E-state index in [2.05, 4.69) is 39.1 Å². The Morgan fingerprint density at radius 1 is 1.21 bits per heavy atom. The maximum Gasteiger partial charge on any atom is 0.134 e. The van der Waals surface area contributed by atoms with Crippen molar-refractivity contribution in [3.63, 3.8) is 0 Å². The summed E-state index contributed by atoms with van der Waals surface area (Å²) in [6.45, 7) is 2.50. The number of ether oxygens (including phenoxy) is 1. The fourth-order valence-corrected chi connectivity index (χ4v) is 3.16. The zero-order chi connectivity index (χ0) is 13.2. The highest BCUT2D eigenvalue weighted by Gasteiger charge is 2.07. The van der Waals surface area contributed by atoms with Crippen LogP contribution >= 0.6 is 27.3 Å². The molecule has 2 aromatic carbocycles. The van der Waals surface area contributed by atoms with Crippen molar-refractivity contribution in [2.75, 3.05) is 0 Å². The molecule has 0 radical (unpaired) electrons. The molecule has 1 heterocycles. The molecule has 0 saturated heterocycles. The highest BCUT2D eigenvalue weighted by Crippen LogP contribution is 2.33. The second kappa shape index (κ2) is 5.31. The van der Waals surface area contributed by atoms with Gasteiger partial charge in [-0.2, -0.15) is 0 Å². The third-order valence-corrected chi connectivity index (χ3v) is 4.51. The molecule has 0 unspecified atom stereocenters. The lowest BCUT2D eigenvalue weighted by atomic mass is 10.1. The highest BCUT2D eigenvalue weighted by molar-refractivity contribution is 9.10. The van der Waals surface area contributed by atoms with Crippen LogP contribution in [0.2, 0.25) is 0 Å². The average Bonchev–Trinajstić information content (AvgIpc) is 2.84. The normalized spacial score (nSPS) is 10.8. The molecule has 2 nitrogen and oxygen atoms in total. The van der Waals surface area contributed by atoms with Gasteiger partial charge in [-0.3, -0.25) is 0 Å². The molecule has 4 heteroatoms. The van der Waals surface area contributed by atoms with Crippen molar-refractivity contribution < 1.29 is 4.74 Å². The molecule has 0 amide bonds. The lowest BCUT2D eigenvalue weighted by Gasteiger charge is -2.09. The van der Waals surface area contributed by atoms with E-state index in [4.69, 9.17) is 4.74 Å². The van der Waals surface area contributed by atoms with Gasteiger partial charge in [-0.1, -0.05) is 30.3 Å².